The van der Waals surface area contributed by atoms with Gasteiger partial charge in [0.1, 0.15) is 17.0 Å². The van der Waals surface area contributed by atoms with Crippen molar-refractivity contribution in [2.75, 3.05) is 6.54 Å². The topological polar surface area (TPSA) is 55.1 Å². The predicted molar refractivity (Wildman–Crippen MR) is 108 cm³/mol. The smallest absolute Gasteiger partial charge is 0.257 e. The average Bonchev–Trinajstić information content (AvgIpc) is 3.41. The summed E-state index contributed by atoms with van der Waals surface area (Å²) >= 11 is 8.08. The molecule has 27 heavy (non-hydrogen) atoms. The zero-order valence-corrected chi connectivity index (χ0v) is 16.7. The van der Waals surface area contributed by atoms with Crippen LogP contribution in [-0.2, 0) is 5.41 Å². The number of carbonyl (C=O) groups is 1. The summed E-state index contributed by atoms with van der Waals surface area (Å²) in [5.74, 6) is 0.338. The van der Waals surface area contributed by atoms with Crippen LogP contribution in [0.25, 0.3) is 11.3 Å². The molecule has 0 radical (unpaired) electrons. The second kappa shape index (κ2) is 7.49. The molecule has 4 nitrogen and oxygen atoms in total. The largest absolute Gasteiger partial charge is 0.360 e. The van der Waals surface area contributed by atoms with Gasteiger partial charge in [0.2, 0.25) is 0 Å². The number of nitrogens with zero attached hydrogens (tertiary/aromatic N) is 1. The van der Waals surface area contributed by atoms with Crippen LogP contribution in [0.5, 0.6) is 0 Å². The minimum atomic E-state index is -0.161. The lowest BCUT2D eigenvalue weighted by Gasteiger charge is -2.28. The summed E-state index contributed by atoms with van der Waals surface area (Å²) in [7, 11) is 0. The molecule has 0 saturated heterocycles. The van der Waals surface area contributed by atoms with Gasteiger partial charge in [0.15, 0.2) is 0 Å². The monoisotopic (exact) mass is 400 g/mol. The summed E-state index contributed by atoms with van der Waals surface area (Å²) in [5.41, 5.74) is 1.70. The number of thiophene rings is 1. The molecule has 1 amide bonds. The summed E-state index contributed by atoms with van der Waals surface area (Å²) in [5, 5.41) is 9.90. The Labute approximate surface area is 167 Å². The van der Waals surface area contributed by atoms with Gasteiger partial charge < -0.3 is 9.84 Å². The first-order chi connectivity index (χ1) is 13.1. The number of rotatable bonds is 5. The van der Waals surface area contributed by atoms with Gasteiger partial charge in [0.25, 0.3) is 5.91 Å². The van der Waals surface area contributed by atoms with Crippen molar-refractivity contribution in [3.05, 3.63) is 63.0 Å². The van der Waals surface area contributed by atoms with E-state index in [-0.39, 0.29) is 11.3 Å². The van der Waals surface area contributed by atoms with Gasteiger partial charge in [-0.2, -0.15) is 0 Å². The minimum Gasteiger partial charge on any atom is -0.360 e. The standard InChI is InChI=1S/C21H21ClN2O2S/c1-14-18(19(24-26-14)15-7-2-3-8-16(15)22)20(25)23-13-21(10-4-5-11-21)17-9-6-12-27-17/h2-3,6-9,12H,4-5,10-11,13H2,1H3,(H,23,25). The first-order valence-electron chi connectivity index (χ1n) is 9.14. The van der Waals surface area contributed by atoms with Gasteiger partial charge in [0, 0.05) is 22.4 Å². The van der Waals surface area contributed by atoms with Crippen molar-refractivity contribution in [1.29, 1.82) is 0 Å². The molecule has 6 heteroatoms. The van der Waals surface area contributed by atoms with Crippen LogP contribution in [0, 0.1) is 6.92 Å². The van der Waals surface area contributed by atoms with E-state index in [0.29, 0.717) is 34.1 Å². The Hall–Kier alpha value is -2.11. The molecule has 0 atom stereocenters. The van der Waals surface area contributed by atoms with E-state index in [9.17, 15) is 4.79 Å². The van der Waals surface area contributed by atoms with Crippen molar-refractivity contribution in [1.82, 2.24) is 10.5 Å². The number of carbonyl (C=O) groups excluding carboxylic acids is 1. The third kappa shape index (κ3) is 3.42. The van der Waals surface area contributed by atoms with Crippen LogP contribution < -0.4 is 5.32 Å². The van der Waals surface area contributed by atoms with Crippen LogP contribution in [0.4, 0.5) is 0 Å². The number of amides is 1. The maximum atomic E-state index is 13.0. The fraction of sp³-hybridized carbons (Fsp3) is 0.333. The Kier molecular flexibility index (Phi) is 5.06. The Morgan fingerprint density at radius 3 is 2.74 bits per heavy atom. The Balaban J connectivity index is 1.59. The molecule has 0 unspecified atom stereocenters. The zero-order chi connectivity index (χ0) is 18.9. The van der Waals surface area contributed by atoms with E-state index in [4.69, 9.17) is 16.1 Å². The predicted octanol–water partition coefficient (Wildman–Crippen LogP) is 5.61. The number of hydrogen-bond acceptors (Lipinski definition) is 4. The molecule has 2 aromatic heterocycles. The molecule has 1 saturated carbocycles. The maximum Gasteiger partial charge on any atom is 0.257 e. The first-order valence-corrected chi connectivity index (χ1v) is 10.4. The summed E-state index contributed by atoms with van der Waals surface area (Å²) in [6.07, 6.45) is 4.61. The highest BCUT2D eigenvalue weighted by Crippen LogP contribution is 2.42. The van der Waals surface area contributed by atoms with Crippen LogP contribution in [0.1, 0.15) is 46.7 Å². The highest BCUT2D eigenvalue weighted by Gasteiger charge is 2.37. The molecule has 2 heterocycles. The van der Waals surface area contributed by atoms with Crippen LogP contribution in [0.15, 0.2) is 46.3 Å². The Bertz CT molecular complexity index is 943. The van der Waals surface area contributed by atoms with E-state index in [1.165, 1.54) is 17.7 Å². The molecule has 3 aromatic rings. The number of aryl methyl sites for hydroxylation is 1. The van der Waals surface area contributed by atoms with E-state index >= 15 is 0 Å². The number of nitrogens with one attached hydrogen (secondary N) is 1. The molecule has 1 N–H and O–H groups in total. The fourth-order valence-corrected chi connectivity index (χ4v) is 5.17. The first kappa shape index (κ1) is 18.3. The Morgan fingerprint density at radius 2 is 2.04 bits per heavy atom. The molecule has 0 bridgehead atoms. The van der Waals surface area contributed by atoms with Crippen molar-refractivity contribution in [3.8, 4) is 11.3 Å². The number of halogens is 1. The van der Waals surface area contributed by atoms with Crippen molar-refractivity contribution in [2.24, 2.45) is 0 Å². The van der Waals surface area contributed by atoms with Crippen LogP contribution >= 0.6 is 22.9 Å². The SMILES string of the molecule is Cc1onc(-c2ccccc2Cl)c1C(=O)NCC1(c2cccs2)CCCC1. The summed E-state index contributed by atoms with van der Waals surface area (Å²) in [6.45, 7) is 2.38. The second-order valence-electron chi connectivity index (χ2n) is 7.09. The zero-order valence-electron chi connectivity index (χ0n) is 15.1. The molecule has 1 aliphatic rings. The van der Waals surface area contributed by atoms with Crippen molar-refractivity contribution in [3.63, 3.8) is 0 Å². The van der Waals surface area contributed by atoms with Gasteiger partial charge in [0.05, 0.1) is 5.02 Å². The van der Waals surface area contributed by atoms with Gasteiger partial charge >= 0.3 is 0 Å². The number of hydrogen-bond donors (Lipinski definition) is 1. The fourth-order valence-electron chi connectivity index (χ4n) is 3.96. The summed E-state index contributed by atoms with van der Waals surface area (Å²) in [4.78, 5) is 14.4. The van der Waals surface area contributed by atoms with Crippen molar-refractivity contribution < 1.29 is 9.32 Å². The van der Waals surface area contributed by atoms with E-state index < -0.39 is 0 Å². The summed E-state index contributed by atoms with van der Waals surface area (Å²) in [6, 6.07) is 11.6. The van der Waals surface area contributed by atoms with E-state index in [1.54, 1.807) is 24.3 Å². The third-order valence-electron chi connectivity index (χ3n) is 5.41. The molecule has 1 fully saturated rings. The lowest BCUT2D eigenvalue weighted by molar-refractivity contribution is 0.0942. The average molecular weight is 401 g/mol. The van der Waals surface area contributed by atoms with Gasteiger partial charge in [-0.3, -0.25) is 4.79 Å². The van der Waals surface area contributed by atoms with E-state index in [2.05, 4.69) is 28.0 Å². The Morgan fingerprint density at radius 1 is 1.26 bits per heavy atom. The van der Waals surface area contributed by atoms with Crippen molar-refractivity contribution in [2.45, 2.75) is 38.0 Å². The minimum absolute atomic E-state index is 0.0411. The second-order valence-corrected chi connectivity index (χ2v) is 8.44. The van der Waals surface area contributed by atoms with Crippen molar-refractivity contribution >= 4 is 28.8 Å². The third-order valence-corrected chi connectivity index (χ3v) is 6.86. The molecule has 1 aliphatic carbocycles. The van der Waals surface area contributed by atoms with Crippen LogP contribution in [0.3, 0.4) is 0 Å². The van der Waals surface area contributed by atoms with Crippen LogP contribution in [-0.4, -0.2) is 17.6 Å². The molecule has 140 valence electrons. The van der Waals surface area contributed by atoms with Gasteiger partial charge in [-0.05, 0) is 37.3 Å². The molecule has 1 aromatic carbocycles. The van der Waals surface area contributed by atoms with Gasteiger partial charge in [-0.25, -0.2) is 0 Å². The number of benzene rings is 1. The molecule has 0 aliphatic heterocycles. The normalized spacial score (nSPS) is 15.8. The van der Waals surface area contributed by atoms with Gasteiger partial charge in [-0.1, -0.05) is 53.9 Å². The van der Waals surface area contributed by atoms with E-state index in [1.807, 2.05) is 18.2 Å². The summed E-state index contributed by atoms with van der Waals surface area (Å²) < 4.78 is 5.33. The van der Waals surface area contributed by atoms with Crippen LogP contribution in [0.2, 0.25) is 5.02 Å². The highest BCUT2D eigenvalue weighted by molar-refractivity contribution is 7.10. The molecule has 0 spiro atoms. The maximum absolute atomic E-state index is 13.0. The van der Waals surface area contributed by atoms with Gasteiger partial charge in [-0.15, -0.1) is 11.3 Å². The van der Waals surface area contributed by atoms with E-state index in [0.717, 1.165) is 12.8 Å². The number of aromatic nitrogens is 1. The highest BCUT2D eigenvalue weighted by atomic mass is 35.5. The molecular weight excluding hydrogens is 380 g/mol. The molecule has 4 rings (SSSR count). The molecular formula is C21H21ClN2O2S. The lowest BCUT2D eigenvalue weighted by Crippen LogP contribution is -2.38. The lowest BCUT2D eigenvalue weighted by atomic mass is 9.84. The quantitative estimate of drug-likeness (QED) is 0.605.